The van der Waals surface area contributed by atoms with Crippen LogP contribution in [0.5, 0.6) is 0 Å². The third-order valence-electron chi connectivity index (χ3n) is 4.84. The standard InChI is InChI=1S/C19H25N3O/c1-14(16-8-3-9-20-12-16)11-18(23)22-13-17-6-2-5-15-7-4-10-21-19(15)17/h2,4-7,10,14,16,20H,3,8-9,11-13H2,1H3,(H,22,23). The molecule has 2 atom stereocenters. The van der Waals surface area contributed by atoms with E-state index in [2.05, 4.69) is 22.5 Å². The van der Waals surface area contributed by atoms with Crippen molar-refractivity contribution in [1.82, 2.24) is 15.6 Å². The molecule has 0 saturated carbocycles. The molecule has 1 aliphatic heterocycles. The normalized spacial score (nSPS) is 19.4. The van der Waals surface area contributed by atoms with E-state index in [1.165, 1.54) is 12.8 Å². The van der Waals surface area contributed by atoms with E-state index in [1.54, 1.807) is 6.20 Å². The van der Waals surface area contributed by atoms with Gasteiger partial charge in [-0.2, -0.15) is 0 Å². The van der Waals surface area contributed by atoms with Gasteiger partial charge in [0.2, 0.25) is 5.91 Å². The van der Waals surface area contributed by atoms with E-state index in [4.69, 9.17) is 0 Å². The van der Waals surface area contributed by atoms with Crippen molar-refractivity contribution in [3.05, 3.63) is 42.1 Å². The third-order valence-corrected chi connectivity index (χ3v) is 4.84. The Labute approximate surface area is 137 Å². The number of nitrogens with one attached hydrogen (secondary N) is 2. The van der Waals surface area contributed by atoms with Crippen molar-refractivity contribution in [2.75, 3.05) is 13.1 Å². The van der Waals surface area contributed by atoms with Crippen molar-refractivity contribution in [3.8, 4) is 0 Å². The number of fused-ring (bicyclic) bond motifs is 1. The van der Waals surface area contributed by atoms with Crippen molar-refractivity contribution < 1.29 is 4.79 Å². The van der Waals surface area contributed by atoms with Gasteiger partial charge in [-0.05, 0) is 49.4 Å². The SMILES string of the molecule is CC(CC(=O)NCc1cccc2cccnc12)C1CCCNC1. The Morgan fingerprint density at radius 1 is 1.39 bits per heavy atom. The van der Waals surface area contributed by atoms with Gasteiger partial charge in [0.1, 0.15) is 0 Å². The molecule has 0 radical (unpaired) electrons. The smallest absolute Gasteiger partial charge is 0.220 e. The van der Waals surface area contributed by atoms with E-state index in [9.17, 15) is 4.79 Å². The molecule has 1 saturated heterocycles. The summed E-state index contributed by atoms with van der Waals surface area (Å²) in [6.07, 6.45) is 4.85. The van der Waals surface area contributed by atoms with Crippen LogP contribution in [0.2, 0.25) is 0 Å². The van der Waals surface area contributed by atoms with E-state index in [1.807, 2.05) is 30.3 Å². The lowest BCUT2D eigenvalue weighted by Crippen LogP contribution is -2.35. The third kappa shape index (κ3) is 4.08. The quantitative estimate of drug-likeness (QED) is 0.893. The van der Waals surface area contributed by atoms with Crippen molar-refractivity contribution in [2.45, 2.75) is 32.7 Å². The summed E-state index contributed by atoms with van der Waals surface area (Å²) in [6, 6.07) is 10.1. The van der Waals surface area contributed by atoms with E-state index in [0.717, 1.165) is 29.6 Å². The lowest BCUT2D eigenvalue weighted by atomic mass is 9.85. The number of rotatable bonds is 5. The largest absolute Gasteiger partial charge is 0.352 e. The fraction of sp³-hybridized carbons (Fsp3) is 0.474. The molecule has 0 aliphatic carbocycles. The zero-order valence-corrected chi connectivity index (χ0v) is 13.7. The molecule has 1 fully saturated rings. The molecule has 2 N–H and O–H groups in total. The Morgan fingerprint density at radius 3 is 3.09 bits per heavy atom. The van der Waals surface area contributed by atoms with E-state index in [-0.39, 0.29) is 5.91 Å². The number of nitrogens with zero attached hydrogens (tertiary/aromatic N) is 1. The molecule has 2 heterocycles. The first-order valence-electron chi connectivity index (χ1n) is 8.54. The van der Waals surface area contributed by atoms with Gasteiger partial charge in [-0.1, -0.05) is 31.2 Å². The lowest BCUT2D eigenvalue weighted by Gasteiger charge is -2.28. The number of carbonyl (C=O) groups is 1. The van der Waals surface area contributed by atoms with Crippen LogP contribution >= 0.6 is 0 Å². The lowest BCUT2D eigenvalue weighted by molar-refractivity contribution is -0.122. The van der Waals surface area contributed by atoms with Gasteiger partial charge in [-0.15, -0.1) is 0 Å². The van der Waals surface area contributed by atoms with Gasteiger partial charge in [-0.25, -0.2) is 0 Å². The van der Waals surface area contributed by atoms with Crippen LogP contribution in [-0.2, 0) is 11.3 Å². The molecule has 3 rings (SSSR count). The Balaban J connectivity index is 1.55. The fourth-order valence-electron chi connectivity index (χ4n) is 3.40. The molecule has 1 aromatic heterocycles. The minimum absolute atomic E-state index is 0.135. The predicted octanol–water partition coefficient (Wildman–Crippen LogP) is 2.88. The summed E-state index contributed by atoms with van der Waals surface area (Å²) in [5.74, 6) is 1.18. The summed E-state index contributed by atoms with van der Waals surface area (Å²) >= 11 is 0. The molecular formula is C19H25N3O. The molecule has 0 bridgehead atoms. The number of para-hydroxylation sites is 1. The number of aromatic nitrogens is 1. The van der Waals surface area contributed by atoms with Crippen molar-refractivity contribution >= 4 is 16.8 Å². The summed E-state index contributed by atoms with van der Waals surface area (Å²) in [5.41, 5.74) is 2.04. The van der Waals surface area contributed by atoms with Crippen LogP contribution in [0.25, 0.3) is 10.9 Å². The molecule has 122 valence electrons. The summed E-state index contributed by atoms with van der Waals surface area (Å²) in [7, 11) is 0. The predicted molar refractivity (Wildman–Crippen MR) is 93.0 cm³/mol. The maximum atomic E-state index is 12.3. The average Bonchev–Trinajstić information content (AvgIpc) is 2.60. The van der Waals surface area contributed by atoms with Crippen LogP contribution in [0.1, 0.15) is 31.7 Å². The van der Waals surface area contributed by atoms with Crippen molar-refractivity contribution in [1.29, 1.82) is 0 Å². The summed E-state index contributed by atoms with van der Waals surface area (Å²) in [5, 5.41) is 7.60. The Morgan fingerprint density at radius 2 is 2.26 bits per heavy atom. The average molecular weight is 311 g/mol. The second-order valence-corrected chi connectivity index (χ2v) is 6.56. The summed E-state index contributed by atoms with van der Waals surface area (Å²) in [4.78, 5) is 16.7. The molecule has 2 unspecified atom stereocenters. The van der Waals surface area contributed by atoms with Crippen LogP contribution in [0.3, 0.4) is 0 Å². The van der Waals surface area contributed by atoms with Crippen LogP contribution in [0.15, 0.2) is 36.5 Å². The highest BCUT2D eigenvalue weighted by atomic mass is 16.1. The highest BCUT2D eigenvalue weighted by Gasteiger charge is 2.21. The van der Waals surface area contributed by atoms with Gasteiger partial charge in [0.25, 0.3) is 0 Å². The number of amides is 1. The highest BCUT2D eigenvalue weighted by molar-refractivity contribution is 5.82. The topological polar surface area (TPSA) is 54.0 Å². The molecule has 0 spiro atoms. The fourth-order valence-corrected chi connectivity index (χ4v) is 3.40. The highest BCUT2D eigenvalue weighted by Crippen LogP contribution is 2.22. The first kappa shape index (κ1) is 15.9. The van der Waals surface area contributed by atoms with Crippen LogP contribution < -0.4 is 10.6 Å². The van der Waals surface area contributed by atoms with E-state index >= 15 is 0 Å². The summed E-state index contributed by atoms with van der Waals surface area (Å²) < 4.78 is 0. The molecular weight excluding hydrogens is 286 g/mol. The van der Waals surface area contributed by atoms with E-state index in [0.29, 0.717) is 24.8 Å². The molecule has 1 amide bonds. The number of pyridine rings is 1. The zero-order valence-electron chi connectivity index (χ0n) is 13.7. The second kappa shape index (κ2) is 7.55. The Hall–Kier alpha value is -1.94. The van der Waals surface area contributed by atoms with Crippen molar-refractivity contribution in [3.63, 3.8) is 0 Å². The first-order chi connectivity index (χ1) is 11.2. The molecule has 23 heavy (non-hydrogen) atoms. The van der Waals surface area contributed by atoms with Gasteiger partial charge in [-0.3, -0.25) is 9.78 Å². The second-order valence-electron chi connectivity index (χ2n) is 6.56. The molecule has 4 heteroatoms. The zero-order chi connectivity index (χ0) is 16.1. The van der Waals surface area contributed by atoms with Crippen LogP contribution in [-0.4, -0.2) is 24.0 Å². The number of benzene rings is 1. The number of piperidine rings is 1. The van der Waals surface area contributed by atoms with Crippen LogP contribution in [0, 0.1) is 11.8 Å². The Kier molecular flexibility index (Phi) is 5.23. The maximum Gasteiger partial charge on any atom is 0.220 e. The van der Waals surface area contributed by atoms with Gasteiger partial charge in [0.15, 0.2) is 0 Å². The minimum atomic E-state index is 0.135. The van der Waals surface area contributed by atoms with Gasteiger partial charge in [0, 0.05) is 24.5 Å². The first-order valence-corrected chi connectivity index (χ1v) is 8.54. The maximum absolute atomic E-state index is 12.3. The van der Waals surface area contributed by atoms with Gasteiger partial charge < -0.3 is 10.6 Å². The molecule has 2 aromatic rings. The summed E-state index contributed by atoms with van der Waals surface area (Å²) in [6.45, 7) is 4.89. The van der Waals surface area contributed by atoms with Crippen molar-refractivity contribution in [2.24, 2.45) is 11.8 Å². The Bertz CT molecular complexity index is 659. The molecule has 4 nitrogen and oxygen atoms in total. The van der Waals surface area contributed by atoms with Crippen LogP contribution in [0.4, 0.5) is 0 Å². The number of carbonyl (C=O) groups excluding carboxylic acids is 1. The monoisotopic (exact) mass is 311 g/mol. The van der Waals surface area contributed by atoms with Gasteiger partial charge >= 0.3 is 0 Å². The van der Waals surface area contributed by atoms with Gasteiger partial charge in [0.05, 0.1) is 5.52 Å². The molecule has 1 aromatic carbocycles. The van der Waals surface area contributed by atoms with E-state index < -0.39 is 0 Å². The minimum Gasteiger partial charge on any atom is -0.352 e. The number of hydrogen-bond donors (Lipinski definition) is 2. The number of hydrogen-bond acceptors (Lipinski definition) is 3. The molecule has 1 aliphatic rings.